The number of nitrogens with zero attached hydrogens (tertiary/aromatic N) is 4. The smallest absolute Gasteiger partial charge is 0.330 e. The minimum atomic E-state index is 0. The number of fused-ring (bicyclic) bond motifs is 1. The molecule has 0 spiro atoms. The van der Waals surface area contributed by atoms with Crippen LogP contribution in [-0.4, -0.2) is 14.9 Å². The summed E-state index contributed by atoms with van der Waals surface area (Å²) in [4.78, 5) is 6.31. The predicted octanol–water partition coefficient (Wildman–Crippen LogP) is 0.330. The van der Waals surface area contributed by atoms with Crippen molar-refractivity contribution >= 4 is 17.2 Å². The fraction of sp³-hybridized carbons (Fsp3) is 0. The fourth-order valence-corrected chi connectivity index (χ4v) is 2.54. The van der Waals surface area contributed by atoms with Crippen molar-refractivity contribution in [3.8, 4) is 16.9 Å². The SMILES string of the molecule is Clc1ccc(-c2nn(-c3ccccc3)[n+]3cccnc23)cc1.[Br-]. The fourth-order valence-electron chi connectivity index (χ4n) is 2.41. The molecule has 0 aliphatic heterocycles. The summed E-state index contributed by atoms with van der Waals surface area (Å²) in [7, 11) is 0. The van der Waals surface area contributed by atoms with E-state index in [1.54, 1.807) is 6.20 Å². The third-order valence-electron chi connectivity index (χ3n) is 3.44. The van der Waals surface area contributed by atoms with Crippen LogP contribution in [-0.2, 0) is 0 Å². The van der Waals surface area contributed by atoms with Gasteiger partial charge in [0, 0.05) is 16.7 Å². The van der Waals surface area contributed by atoms with Crippen molar-refractivity contribution in [1.29, 1.82) is 0 Å². The van der Waals surface area contributed by atoms with Crippen LogP contribution in [0.2, 0.25) is 5.02 Å². The van der Waals surface area contributed by atoms with Crippen LogP contribution in [0.5, 0.6) is 0 Å². The van der Waals surface area contributed by atoms with E-state index in [4.69, 9.17) is 16.7 Å². The van der Waals surface area contributed by atoms with Gasteiger partial charge in [0.1, 0.15) is 11.9 Å². The van der Waals surface area contributed by atoms with Gasteiger partial charge in [0.15, 0.2) is 0 Å². The minimum Gasteiger partial charge on any atom is -1.00 e. The van der Waals surface area contributed by atoms with E-state index in [-0.39, 0.29) is 17.0 Å². The topological polar surface area (TPSA) is 34.8 Å². The maximum Gasteiger partial charge on any atom is 0.330 e. The number of para-hydroxylation sites is 1. The Morgan fingerprint density at radius 2 is 1.65 bits per heavy atom. The van der Waals surface area contributed by atoms with Gasteiger partial charge in [-0.25, -0.2) is 0 Å². The van der Waals surface area contributed by atoms with Crippen molar-refractivity contribution in [3.05, 3.63) is 78.1 Å². The van der Waals surface area contributed by atoms with Gasteiger partial charge in [0.05, 0.1) is 6.20 Å². The molecule has 6 heteroatoms. The summed E-state index contributed by atoms with van der Waals surface area (Å²) in [5.74, 6) is 0. The van der Waals surface area contributed by atoms with Gasteiger partial charge in [-0.1, -0.05) is 34.6 Å². The summed E-state index contributed by atoms with van der Waals surface area (Å²) in [5, 5.41) is 5.44. The van der Waals surface area contributed by atoms with Crippen molar-refractivity contribution in [2.45, 2.75) is 0 Å². The summed E-state index contributed by atoms with van der Waals surface area (Å²) < 4.78 is 1.93. The average Bonchev–Trinajstić information content (AvgIpc) is 2.96. The van der Waals surface area contributed by atoms with Gasteiger partial charge in [-0.3, -0.25) is 0 Å². The highest BCUT2D eigenvalue weighted by Gasteiger charge is 2.22. The lowest BCUT2D eigenvalue weighted by molar-refractivity contribution is -0.606. The molecule has 2 heterocycles. The second-order valence-electron chi connectivity index (χ2n) is 4.87. The van der Waals surface area contributed by atoms with E-state index >= 15 is 0 Å². The first-order valence-corrected chi connectivity index (χ1v) is 7.28. The Morgan fingerprint density at radius 3 is 2.39 bits per heavy atom. The highest BCUT2D eigenvalue weighted by molar-refractivity contribution is 6.30. The zero-order valence-corrected chi connectivity index (χ0v) is 14.3. The van der Waals surface area contributed by atoms with Crippen LogP contribution in [0.1, 0.15) is 0 Å². The Balaban J connectivity index is 0.00000156. The van der Waals surface area contributed by atoms with Crippen molar-refractivity contribution in [3.63, 3.8) is 0 Å². The average molecular weight is 388 g/mol. The second kappa shape index (κ2) is 6.48. The van der Waals surface area contributed by atoms with Crippen LogP contribution in [0.3, 0.4) is 0 Å². The van der Waals surface area contributed by atoms with Crippen LogP contribution in [0.25, 0.3) is 22.6 Å². The highest BCUT2D eigenvalue weighted by atomic mass is 79.9. The molecule has 0 unspecified atom stereocenters. The zero-order chi connectivity index (χ0) is 14.9. The summed E-state index contributed by atoms with van der Waals surface area (Å²) in [6, 6.07) is 19.5. The third-order valence-corrected chi connectivity index (χ3v) is 3.69. The molecule has 4 rings (SSSR count). The van der Waals surface area contributed by atoms with Crippen LogP contribution in [0, 0.1) is 0 Å². The van der Waals surface area contributed by atoms with E-state index in [0.717, 1.165) is 22.6 Å². The molecule has 114 valence electrons. The lowest BCUT2D eigenvalue weighted by atomic mass is 10.2. The molecule has 2 aromatic heterocycles. The predicted molar refractivity (Wildman–Crippen MR) is 85.0 cm³/mol. The maximum absolute atomic E-state index is 5.97. The molecular weight excluding hydrogens is 376 g/mol. The highest BCUT2D eigenvalue weighted by Crippen LogP contribution is 2.22. The summed E-state index contributed by atoms with van der Waals surface area (Å²) >= 11 is 5.97. The number of rotatable bonds is 2. The maximum atomic E-state index is 5.97. The summed E-state index contributed by atoms with van der Waals surface area (Å²) in [5.41, 5.74) is 3.58. The summed E-state index contributed by atoms with van der Waals surface area (Å²) in [6.45, 7) is 0. The van der Waals surface area contributed by atoms with Gasteiger partial charge in [0.25, 0.3) is 0 Å². The monoisotopic (exact) mass is 386 g/mol. The Hall–Kier alpha value is -2.24. The van der Waals surface area contributed by atoms with Crippen molar-refractivity contribution in [2.24, 2.45) is 0 Å². The van der Waals surface area contributed by atoms with Crippen LogP contribution < -0.4 is 21.5 Å². The van der Waals surface area contributed by atoms with E-state index < -0.39 is 0 Å². The van der Waals surface area contributed by atoms with Gasteiger partial charge in [-0.15, -0.1) is 9.50 Å². The molecule has 4 nitrogen and oxygen atoms in total. The first kappa shape index (κ1) is 15.6. The largest absolute Gasteiger partial charge is 1.00 e. The van der Waals surface area contributed by atoms with Crippen LogP contribution >= 0.6 is 11.6 Å². The Bertz CT molecular complexity index is 936. The van der Waals surface area contributed by atoms with Gasteiger partial charge in [0.2, 0.25) is 5.69 Å². The quantitative estimate of drug-likeness (QED) is 0.465. The Labute approximate surface area is 148 Å². The molecule has 0 saturated carbocycles. The molecule has 23 heavy (non-hydrogen) atoms. The Morgan fingerprint density at radius 1 is 0.913 bits per heavy atom. The normalized spacial score (nSPS) is 10.5. The lowest BCUT2D eigenvalue weighted by Gasteiger charge is -1.96. The molecule has 4 aromatic rings. The van der Waals surface area contributed by atoms with Crippen LogP contribution in [0.15, 0.2) is 73.1 Å². The molecule has 0 amide bonds. The lowest BCUT2D eigenvalue weighted by Crippen LogP contribution is -3.00. The number of benzene rings is 2. The molecule has 0 bridgehead atoms. The Kier molecular flexibility index (Phi) is 4.41. The van der Waals surface area contributed by atoms with Gasteiger partial charge in [-0.05, 0) is 41.5 Å². The second-order valence-corrected chi connectivity index (χ2v) is 5.30. The molecule has 2 aromatic carbocycles. The molecule has 0 saturated heterocycles. The van der Waals surface area contributed by atoms with Gasteiger partial charge >= 0.3 is 5.65 Å². The van der Waals surface area contributed by atoms with Crippen molar-refractivity contribution in [2.75, 3.05) is 0 Å². The third kappa shape index (κ3) is 2.85. The summed E-state index contributed by atoms with van der Waals surface area (Å²) in [6.07, 6.45) is 3.72. The molecule has 0 aliphatic rings. The van der Waals surface area contributed by atoms with Crippen molar-refractivity contribution < 1.29 is 21.5 Å². The van der Waals surface area contributed by atoms with Gasteiger partial charge in [-0.2, -0.15) is 0 Å². The van der Waals surface area contributed by atoms with E-state index in [2.05, 4.69) is 4.98 Å². The molecule has 0 fully saturated rings. The number of hydrogen-bond donors (Lipinski definition) is 0. The molecule has 0 aliphatic carbocycles. The standard InChI is InChI=1S/C17H12ClN4.BrH/c18-14-9-7-13(8-10-14)16-17-19-11-4-12-21(17)22(20-16)15-5-2-1-3-6-15;/h1-12H;1H/q+1;/p-1. The number of hydrogen-bond acceptors (Lipinski definition) is 2. The first-order valence-electron chi connectivity index (χ1n) is 6.90. The van der Waals surface area contributed by atoms with Gasteiger partial charge < -0.3 is 17.0 Å². The number of halogens is 2. The molecule has 0 atom stereocenters. The van der Waals surface area contributed by atoms with E-state index in [1.165, 1.54) is 0 Å². The molecule has 0 radical (unpaired) electrons. The first-order chi connectivity index (χ1) is 10.8. The molecule has 0 N–H and O–H groups in total. The number of aromatic nitrogens is 4. The zero-order valence-electron chi connectivity index (χ0n) is 12.0. The van der Waals surface area contributed by atoms with Crippen molar-refractivity contribution in [1.82, 2.24) is 14.9 Å². The van der Waals surface area contributed by atoms with E-state index in [0.29, 0.717) is 5.02 Å². The minimum absolute atomic E-state index is 0. The van der Waals surface area contributed by atoms with E-state index in [9.17, 15) is 0 Å². The van der Waals surface area contributed by atoms with Crippen LogP contribution in [0.4, 0.5) is 0 Å². The van der Waals surface area contributed by atoms with E-state index in [1.807, 2.05) is 76.2 Å². The molecular formula is C17H12BrClN4.